The minimum atomic E-state index is -2.27. The molecule has 4 heteroatoms. The van der Waals surface area contributed by atoms with Crippen LogP contribution < -0.4 is 0 Å². The van der Waals surface area contributed by atoms with Gasteiger partial charge in [0, 0.05) is 5.02 Å². The molecular weight excluding hydrogens is 339 g/mol. The van der Waals surface area contributed by atoms with Crippen molar-refractivity contribution >= 4 is 40.5 Å². The summed E-state index contributed by atoms with van der Waals surface area (Å²) in [5, 5.41) is 0.798. The third-order valence-electron chi connectivity index (χ3n) is 3.69. The second kappa shape index (κ2) is 7.69. The molecule has 0 nitrogen and oxygen atoms in total. The van der Waals surface area contributed by atoms with Gasteiger partial charge >= 0.3 is 0 Å². The molecule has 1 atom stereocenters. The number of halogens is 3. The van der Waals surface area contributed by atoms with Gasteiger partial charge in [-0.25, -0.2) is 0 Å². The molecule has 0 aliphatic carbocycles. The van der Waals surface area contributed by atoms with Crippen LogP contribution in [0.15, 0.2) is 54.6 Å². The predicted molar refractivity (Wildman–Crippen MR) is 97.1 cm³/mol. The molecule has 0 fully saturated rings. The topological polar surface area (TPSA) is 0 Å². The lowest BCUT2D eigenvalue weighted by Gasteiger charge is -2.21. The Morgan fingerprint density at radius 1 is 0.952 bits per heavy atom. The molecule has 0 heterocycles. The van der Waals surface area contributed by atoms with Crippen LogP contribution in [0.25, 0.3) is 0 Å². The van der Waals surface area contributed by atoms with Crippen LogP contribution in [0.3, 0.4) is 0 Å². The van der Waals surface area contributed by atoms with E-state index in [1.165, 1.54) is 5.56 Å². The van der Waals surface area contributed by atoms with Crippen LogP contribution in [0.5, 0.6) is 0 Å². The molecule has 0 aliphatic rings. The van der Waals surface area contributed by atoms with Gasteiger partial charge in [0.1, 0.15) is 0 Å². The summed E-state index contributed by atoms with van der Waals surface area (Å²) in [6, 6.07) is 20.0. The van der Waals surface area contributed by atoms with E-state index in [-0.39, 0.29) is 0 Å². The van der Waals surface area contributed by atoms with E-state index in [1.54, 1.807) is 0 Å². The van der Waals surface area contributed by atoms with Gasteiger partial charge in [0.25, 0.3) is 6.69 Å². The van der Waals surface area contributed by atoms with Gasteiger partial charge in [-0.15, -0.1) is 22.2 Å². The zero-order chi connectivity index (χ0) is 15.3. The lowest BCUT2D eigenvalue weighted by molar-refractivity contribution is 0.848. The third-order valence-corrected chi connectivity index (χ3v) is 8.31. The summed E-state index contributed by atoms with van der Waals surface area (Å²) in [4.78, 5) is 0. The van der Waals surface area contributed by atoms with Gasteiger partial charge in [-0.3, -0.25) is 0 Å². The van der Waals surface area contributed by atoms with E-state index in [0.29, 0.717) is 5.92 Å². The molecule has 0 N–H and O–H groups in total. The molecule has 0 aromatic heterocycles. The molecule has 0 bridgehead atoms. The fourth-order valence-electron chi connectivity index (χ4n) is 2.47. The molecule has 0 saturated carbocycles. The first-order valence-electron chi connectivity index (χ1n) is 7.14. The Morgan fingerprint density at radius 3 is 2.24 bits per heavy atom. The number of hydrogen-bond donors (Lipinski definition) is 0. The Hall–Kier alpha value is -0.473. The summed E-state index contributed by atoms with van der Waals surface area (Å²) in [5.74, 6) is 0.388. The first-order chi connectivity index (χ1) is 9.98. The molecule has 0 amide bonds. The summed E-state index contributed by atoms with van der Waals surface area (Å²) in [6.45, 7) is -0.0773. The van der Waals surface area contributed by atoms with Gasteiger partial charge in [-0.05, 0) is 41.6 Å². The molecule has 2 aromatic rings. The summed E-state index contributed by atoms with van der Waals surface area (Å²) in [7, 11) is 0. The van der Waals surface area contributed by atoms with E-state index in [4.69, 9.17) is 33.8 Å². The minimum Gasteiger partial charge on any atom is -0.146 e. The van der Waals surface area contributed by atoms with Crippen molar-refractivity contribution in [2.24, 2.45) is 0 Å². The molecule has 0 aliphatic heterocycles. The van der Waals surface area contributed by atoms with Crippen LogP contribution in [0.2, 0.25) is 17.1 Å². The van der Waals surface area contributed by atoms with Crippen molar-refractivity contribution < 1.29 is 0 Å². The van der Waals surface area contributed by atoms with Gasteiger partial charge in [0.15, 0.2) is 0 Å². The number of benzene rings is 2. The van der Waals surface area contributed by atoms with Crippen molar-refractivity contribution in [2.75, 3.05) is 0 Å². The first kappa shape index (κ1) is 16.9. The average molecular weight is 358 g/mol. The van der Waals surface area contributed by atoms with E-state index < -0.39 is 6.69 Å². The maximum Gasteiger partial charge on any atom is 0.252 e. The van der Waals surface area contributed by atoms with Gasteiger partial charge < -0.3 is 0 Å². The van der Waals surface area contributed by atoms with Crippen molar-refractivity contribution in [1.29, 1.82) is 0 Å². The van der Waals surface area contributed by atoms with Crippen LogP contribution in [0.1, 0.15) is 24.0 Å². The van der Waals surface area contributed by atoms with Crippen LogP contribution in [-0.2, 0) is 6.42 Å². The van der Waals surface area contributed by atoms with Gasteiger partial charge in [0.05, 0.1) is 0 Å². The fourth-order valence-corrected chi connectivity index (χ4v) is 6.62. The highest BCUT2D eigenvalue weighted by atomic mass is 35.7. The standard InChI is InChI=1S/C17H19Cl3Si/c1-14(15-7-3-2-4-8-15)13-21(19,20)12-11-16-9-5-6-10-17(16)18/h2-10,14H,11-13H2,1H3. The Balaban J connectivity index is 1.94. The average Bonchev–Trinajstić information content (AvgIpc) is 2.47. The van der Waals surface area contributed by atoms with Crippen LogP contribution in [-0.4, -0.2) is 6.69 Å². The zero-order valence-corrected chi connectivity index (χ0v) is 15.3. The molecule has 112 valence electrons. The van der Waals surface area contributed by atoms with Crippen LogP contribution >= 0.6 is 33.8 Å². The molecule has 0 saturated heterocycles. The highest BCUT2D eigenvalue weighted by molar-refractivity contribution is 7.45. The van der Waals surface area contributed by atoms with E-state index >= 15 is 0 Å². The van der Waals surface area contributed by atoms with Crippen LogP contribution in [0.4, 0.5) is 0 Å². The van der Waals surface area contributed by atoms with Gasteiger partial charge in [-0.1, -0.05) is 67.1 Å². The molecular formula is C17H19Cl3Si. The molecule has 21 heavy (non-hydrogen) atoms. The van der Waals surface area contributed by atoms with Gasteiger partial charge in [-0.2, -0.15) is 0 Å². The molecule has 2 rings (SSSR count). The predicted octanol–water partition coefficient (Wildman–Crippen LogP) is 6.61. The van der Waals surface area contributed by atoms with E-state index in [0.717, 1.165) is 29.1 Å². The molecule has 1 unspecified atom stereocenters. The monoisotopic (exact) mass is 356 g/mol. The lowest BCUT2D eigenvalue weighted by Crippen LogP contribution is -2.22. The number of rotatable bonds is 6. The SMILES string of the molecule is CC(C[Si](Cl)(Cl)CCc1ccccc1Cl)c1ccccc1. The Bertz CT molecular complexity index is 569. The van der Waals surface area contributed by atoms with Crippen molar-refractivity contribution in [1.82, 2.24) is 0 Å². The summed E-state index contributed by atoms with van der Waals surface area (Å²) < 4.78 is 0. The first-order valence-corrected chi connectivity index (χ1v) is 12.0. The summed E-state index contributed by atoms with van der Waals surface area (Å²) in [5.41, 5.74) is 2.43. The number of hydrogen-bond acceptors (Lipinski definition) is 0. The second-order valence-corrected chi connectivity index (χ2v) is 13.4. The largest absolute Gasteiger partial charge is 0.252 e. The smallest absolute Gasteiger partial charge is 0.146 e. The second-order valence-electron chi connectivity index (χ2n) is 5.46. The lowest BCUT2D eigenvalue weighted by atomic mass is 10.0. The Morgan fingerprint density at radius 2 is 1.57 bits per heavy atom. The van der Waals surface area contributed by atoms with Crippen molar-refractivity contribution in [2.45, 2.75) is 31.4 Å². The highest BCUT2D eigenvalue weighted by Gasteiger charge is 2.30. The van der Waals surface area contributed by atoms with Crippen molar-refractivity contribution in [3.8, 4) is 0 Å². The quantitative estimate of drug-likeness (QED) is 0.403. The van der Waals surface area contributed by atoms with Crippen LogP contribution in [0, 0.1) is 0 Å². The van der Waals surface area contributed by atoms with Gasteiger partial charge in [0.2, 0.25) is 0 Å². The zero-order valence-electron chi connectivity index (χ0n) is 12.0. The fraction of sp³-hybridized carbons (Fsp3) is 0.294. The van der Waals surface area contributed by atoms with Crippen molar-refractivity contribution in [3.05, 3.63) is 70.7 Å². The number of aryl methyl sites for hydroxylation is 1. The maximum absolute atomic E-state index is 6.64. The highest BCUT2D eigenvalue weighted by Crippen LogP contribution is 2.35. The molecule has 0 spiro atoms. The van der Waals surface area contributed by atoms with E-state index in [9.17, 15) is 0 Å². The van der Waals surface area contributed by atoms with E-state index in [2.05, 4.69) is 31.2 Å². The molecule has 2 aromatic carbocycles. The van der Waals surface area contributed by atoms with Crippen molar-refractivity contribution in [3.63, 3.8) is 0 Å². The maximum atomic E-state index is 6.64. The normalized spacial score (nSPS) is 13.1. The molecule has 0 radical (unpaired) electrons. The van der Waals surface area contributed by atoms with E-state index in [1.807, 2.05) is 30.3 Å². The Labute approximate surface area is 142 Å². The third kappa shape index (κ3) is 5.34. The minimum absolute atomic E-state index is 0.388. The Kier molecular flexibility index (Phi) is 6.18. The summed E-state index contributed by atoms with van der Waals surface area (Å²) >= 11 is 19.5. The summed E-state index contributed by atoms with van der Waals surface area (Å²) in [6.07, 6.45) is 0.848.